The maximum absolute atomic E-state index is 11.4. The molecule has 0 saturated carbocycles. The summed E-state index contributed by atoms with van der Waals surface area (Å²) >= 11 is 1.72. The van der Waals surface area contributed by atoms with Gasteiger partial charge in [-0.05, 0) is 5.56 Å². The normalized spacial score (nSPS) is 20.3. The zero-order valence-corrected chi connectivity index (χ0v) is 12.1. The van der Waals surface area contributed by atoms with Gasteiger partial charge in [0, 0.05) is 26.3 Å². The van der Waals surface area contributed by atoms with E-state index in [2.05, 4.69) is 22.4 Å². The Morgan fingerprint density at radius 2 is 2.16 bits per heavy atom. The zero-order valence-electron chi connectivity index (χ0n) is 11.3. The molecule has 1 fully saturated rings. The second kappa shape index (κ2) is 6.61. The Kier molecular flexibility index (Phi) is 4.85. The average molecular weight is 277 g/mol. The average Bonchev–Trinajstić information content (AvgIpc) is 2.88. The van der Waals surface area contributed by atoms with E-state index >= 15 is 0 Å². The van der Waals surface area contributed by atoms with E-state index in [1.807, 2.05) is 18.2 Å². The van der Waals surface area contributed by atoms with Crippen molar-refractivity contribution in [1.82, 2.24) is 10.2 Å². The van der Waals surface area contributed by atoms with Gasteiger partial charge in [0.25, 0.3) is 0 Å². The molecule has 0 aliphatic carbocycles. The molecule has 1 saturated heterocycles. The molecular formula is C14H19N3OS. The molecule has 0 bridgehead atoms. The molecule has 5 heteroatoms. The molecule has 0 spiro atoms. The minimum Gasteiger partial charge on any atom is -0.357 e. The van der Waals surface area contributed by atoms with Crippen molar-refractivity contribution in [3.63, 3.8) is 0 Å². The van der Waals surface area contributed by atoms with Gasteiger partial charge < -0.3 is 10.2 Å². The predicted molar refractivity (Wildman–Crippen MR) is 80.4 cm³/mol. The Balaban J connectivity index is 1.83. The highest BCUT2D eigenvalue weighted by Gasteiger charge is 2.21. The maximum Gasteiger partial charge on any atom is 0.223 e. The van der Waals surface area contributed by atoms with E-state index in [0.717, 1.165) is 10.9 Å². The van der Waals surface area contributed by atoms with Gasteiger partial charge in [-0.25, -0.2) is 0 Å². The Labute approximate surface area is 118 Å². The number of amidine groups is 1. The van der Waals surface area contributed by atoms with Crippen molar-refractivity contribution in [2.45, 2.75) is 12.5 Å². The molecule has 1 N–H and O–H groups in total. The van der Waals surface area contributed by atoms with Crippen LogP contribution in [-0.2, 0) is 4.79 Å². The number of nitrogens with one attached hydrogen (secondary N) is 1. The fraction of sp³-hybridized carbons (Fsp3) is 0.429. The van der Waals surface area contributed by atoms with Crippen LogP contribution < -0.4 is 5.32 Å². The highest BCUT2D eigenvalue weighted by atomic mass is 32.2. The summed E-state index contributed by atoms with van der Waals surface area (Å²) in [6.07, 6.45) is 0.467. The molecule has 19 heavy (non-hydrogen) atoms. The Hall–Kier alpha value is -1.49. The molecule has 1 aromatic rings. The lowest BCUT2D eigenvalue weighted by Gasteiger charge is -2.10. The van der Waals surface area contributed by atoms with Gasteiger partial charge in [-0.2, -0.15) is 0 Å². The number of carbonyl (C=O) groups excluding carboxylic acids is 1. The van der Waals surface area contributed by atoms with Crippen LogP contribution in [0.5, 0.6) is 0 Å². The van der Waals surface area contributed by atoms with Crippen LogP contribution in [0.4, 0.5) is 0 Å². The summed E-state index contributed by atoms with van der Waals surface area (Å²) in [6.45, 7) is 0.549. The van der Waals surface area contributed by atoms with Gasteiger partial charge in [0.15, 0.2) is 5.17 Å². The van der Waals surface area contributed by atoms with Crippen LogP contribution in [0.2, 0.25) is 0 Å². The Morgan fingerprint density at radius 1 is 1.42 bits per heavy atom. The van der Waals surface area contributed by atoms with E-state index in [9.17, 15) is 4.79 Å². The second-order valence-electron chi connectivity index (χ2n) is 4.64. The van der Waals surface area contributed by atoms with Crippen molar-refractivity contribution in [1.29, 1.82) is 0 Å². The van der Waals surface area contributed by atoms with E-state index in [1.165, 1.54) is 5.56 Å². The van der Waals surface area contributed by atoms with Gasteiger partial charge in [-0.3, -0.25) is 9.79 Å². The van der Waals surface area contributed by atoms with E-state index in [0.29, 0.717) is 19.0 Å². The third kappa shape index (κ3) is 3.99. The number of rotatable bonds is 4. The molecule has 1 atom stereocenters. The third-order valence-electron chi connectivity index (χ3n) is 2.97. The lowest BCUT2D eigenvalue weighted by molar-refractivity contribution is -0.128. The number of carbonyl (C=O) groups is 1. The molecule has 102 valence electrons. The summed E-state index contributed by atoms with van der Waals surface area (Å²) in [5.41, 5.74) is 1.28. The first-order valence-electron chi connectivity index (χ1n) is 6.35. The predicted octanol–water partition coefficient (Wildman–Crippen LogP) is 1.90. The molecule has 2 rings (SSSR count). The van der Waals surface area contributed by atoms with Crippen molar-refractivity contribution in [2.24, 2.45) is 4.99 Å². The summed E-state index contributed by atoms with van der Waals surface area (Å²) in [5.74, 6) is 1.11. The molecule has 0 aromatic heterocycles. The number of benzene rings is 1. The van der Waals surface area contributed by atoms with Crippen molar-refractivity contribution >= 4 is 22.8 Å². The lowest BCUT2D eigenvalue weighted by atomic mass is 10.1. The number of thioether (sulfide) groups is 1. The van der Waals surface area contributed by atoms with Gasteiger partial charge in [-0.1, -0.05) is 42.1 Å². The summed E-state index contributed by atoms with van der Waals surface area (Å²) in [4.78, 5) is 17.5. The van der Waals surface area contributed by atoms with Crippen LogP contribution in [0.3, 0.4) is 0 Å². The van der Waals surface area contributed by atoms with E-state index in [-0.39, 0.29) is 5.91 Å². The van der Waals surface area contributed by atoms with Gasteiger partial charge in [0.1, 0.15) is 0 Å². The summed E-state index contributed by atoms with van der Waals surface area (Å²) in [6, 6.07) is 10.7. The minimum absolute atomic E-state index is 0.118. The number of hydrogen-bond acceptors (Lipinski definition) is 3. The van der Waals surface area contributed by atoms with Crippen molar-refractivity contribution < 1.29 is 4.79 Å². The minimum atomic E-state index is 0.118. The van der Waals surface area contributed by atoms with Gasteiger partial charge in [0.2, 0.25) is 5.91 Å². The standard InChI is InChI=1S/C14H19N3OS/c1-17(2)13(18)8-9-15-14-16-12(10-19-14)11-6-4-3-5-7-11/h3-7,12H,8-10H2,1-2H3,(H,15,16). The topological polar surface area (TPSA) is 44.7 Å². The van der Waals surface area contributed by atoms with Crippen LogP contribution in [0.1, 0.15) is 18.0 Å². The molecule has 1 aliphatic rings. The first-order chi connectivity index (χ1) is 9.16. The molecule has 1 heterocycles. The zero-order chi connectivity index (χ0) is 13.7. The quantitative estimate of drug-likeness (QED) is 0.914. The summed E-state index contributed by atoms with van der Waals surface area (Å²) < 4.78 is 0. The largest absolute Gasteiger partial charge is 0.357 e. The fourth-order valence-corrected chi connectivity index (χ4v) is 2.84. The van der Waals surface area contributed by atoms with Gasteiger partial charge in [0.05, 0.1) is 12.6 Å². The number of nitrogens with zero attached hydrogens (tertiary/aromatic N) is 2. The van der Waals surface area contributed by atoms with Crippen LogP contribution >= 0.6 is 11.8 Å². The van der Waals surface area contributed by atoms with Crippen molar-refractivity contribution in [3.05, 3.63) is 35.9 Å². The molecule has 1 aromatic carbocycles. The molecule has 1 aliphatic heterocycles. The molecule has 0 radical (unpaired) electrons. The third-order valence-corrected chi connectivity index (χ3v) is 3.99. The van der Waals surface area contributed by atoms with Gasteiger partial charge in [-0.15, -0.1) is 0 Å². The first kappa shape index (κ1) is 13.9. The smallest absolute Gasteiger partial charge is 0.223 e. The SMILES string of the molecule is CN(C)C(=O)CCN=C1NC(c2ccccc2)CS1. The summed E-state index contributed by atoms with van der Waals surface area (Å²) in [7, 11) is 3.53. The highest BCUT2D eigenvalue weighted by molar-refractivity contribution is 8.14. The molecule has 1 unspecified atom stereocenters. The van der Waals surface area contributed by atoms with Crippen LogP contribution in [0, 0.1) is 0 Å². The molecule has 1 amide bonds. The fourth-order valence-electron chi connectivity index (χ4n) is 1.83. The number of aliphatic imine (C=N–C) groups is 1. The lowest BCUT2D eigenvalue weighted by Crippen LogP contribution is -2.23. The monoisotopic (exact) mass is 277 g/mol. The second-order valence-corrected chi connectivity index (χ2v) is 5.65. The van der Waals surface area contributed by atoms with Crippen molar-refractivity contribution in [3.8, 4) is 0 Å². The Morgan fingerprint density at radius 3 is 2.84 bits per heavy atom. The Bertz CT molecular complexity index is 459. The van der Waals surface area contributed by atoms with E-state index in [4.69, 9.17) is 0 Å². The summed E-state index contributed by atoms with van der Waals surface area (Å²) in [5, 5.41) is 4.34. The molecule has 4 nitrogen and oxygen atoms in total. The van der Waals surface area contributed by atoms with Crippen molar-refractivity contribution in [2.75, 3.05) is 26.4 Å². The maximum atomic E-state index is 11.4. The van der Waals surface area contributed by atoms with Gasteiger partial charge >= 0.3 is 0 Å². The van der Waals surface area contributed by atoms with Crippen LogP contribution in [-0.4, -0.2) is 42.4 Å². The molecular weight excluding hydrogens is 258 g/mol. The number of amides is 1. The van der Waals surface area contributed by atoms with Crippen LogP contribution in [0.15, 0.2) is 35.3 Å². The number of hydrogen-bond donors (Lipinski definition) is 1. The van der Waals surface area contributed by atoms with E-state index < -0.39 is 0 Å². The van der Waals surface area contributed by atoms with Crippen LogP contribution in [0.25, 0.3) is 0 Å². The first-order valence-corrected chi connectivity index (χ1v) is 7.34. The highest BCUT2D eigenvalue weighted by Crippen LogP contribution is 2.25. The van der Waals surface area contributed by atoms with E-state index in [1.54, 1.807) is 30.8 Å².